The summed E-state index contributed by atoms with van der Waals surface area (Å²) in [6.07, 6.45) is 7.24. The Hall–Kier alpha value is -3.81. The van der Waals surface area contributed by atoms with Gasteiger partial charge >= 0.3 is 6.18 Å². The van der Waals surface area contributed by atoms with Gasteiger partial charge in [0.2, 0.25) is 0 Å². The van der Waals surface area contributed by atoms with Crippen molar-refractivity contribution in [1.29, 1.82) is 0 Å². The number of nitrogens with zero attached hydrogens (tertiary/aromatic N) is 2. The fourth-order valence-electron chi connectivity index (χ4n) is 4.30. The van der Waals surface area contributed by atoms with Gasteiger partial charge in [-0.15, -0.1) is 0 Å². The molecule has 0 aliphatic heterocycles. The number of fused-ring (bicyclic) bond motifs is 1. The summed E-state index contributed by atoms with van der Waals surface area (Å²) in [6.45, 7) is 0.434. The van der Waals surface area contributed by atoms with Crippen molar-refractivity contribution in [2.24, 2.45) is 0 Å². The number of alkyl halides is 3. The molecule has 0 N–H and O–H groups in total. The Balaban J connectivity index is 1.35. The van der Waals surface area contributed by atoms with Crippen LogP contribution in [-0.2, 0) is 32.1 Å². The number of benzene rings is 3. The van der Waals surface area contributed by atoms with E-state index in [-0.39, 0.29) is 5.82 Å². The van der Waals surface area contributed by atoms with Crippen molar-refractivity contribution in [3.63, 3.8) is 0 Å². The van der Waals surface area contributed by atoms with Gasteiger partial charge in [0.25, 0.3) is 0 Å². The van der Waals surface area contributed by atoms with Crippen molar-refractivity contribution in [2.75, 3.05) is 6.61 Å². The molecule has 0 fully saturated rings. The number of ether oxygens (including phenoxy) is 1. The molecule has 0 atom stereocenters. The zero-order valence-electron chi connectivity index (χ0n) is 21.6. The second-order valence-corrected chi connectivity index (χ2v) is 9.38. The molecule has 0 aliphatic carbocycles. The van der Waals surface area contributed by atoms with E-state index in [2.05, 4.69) is 20.8 Å². The van der Waals surface area contributed by atoms with Crippen LogP contribution in [0.2, 0.25) is 0 Å². The fraction of sp³-hybridized carbons (Fsp3) is 0.290. The zero-order valence-corrected chi connectivity index (χ0v) is 21.6. The molecule has 4 aromatic rings. The van der Waals surface area contributed by atoms with Crippen molar-refractivity contribution < 1.29 is 26.7 Å². The molecular weight excluding hydrogens is 511 g/mol. The van der Waals surface area contributed by atoms with Crippen molar-refractivity contribution >= 4 is 10.8 Å². The summed E-state index contributed by atoms with van der Waals surface area (Å²) < 4.78 is 70.8. The molecule has 0 bridgehead atoms. The first-order valence-corrected chi connectivity index (χ1v) is 12.8. The summed E-state index contributed by atoms with van der Waals surface area (Å²) in [5, 5.41) is 1.28. The quantitative estimate of drug-likeness (QED) is 0.143. The summed E-state index contributed by atoms with van der Waals surface area (Å²) in [5.41, 5.74) is 3.18. The molecule has 0 unspecified atom stereocenters. The molecule has 0 saturated heterocycles. The lowest BCUT2D eigenvalue weighted by molar-refractivity contribution is -0.153. The van der Waals surface area contributed by atoms with Gasteiger partial charge in [0.05, 0.1) is 0 Å². The lowest BCUT2D eigenvalue weighted by atomic mass is 9.98. The van der Waals surface area contributed by atoms with Crippen LogP contribution in [0.4, 0.5) is 22.0 Å². The minimum absolute atomic E-state index is 0.313. The third-order valence-electron chi connectivity index (χ3n) is 6.40. The summed E-state index contributed by atoms with van der Waals surface area (Å²) in [7, 11) is 0. The van der Waals surface area contributed by atoms with E-state index in [1.54, 1.807) is 12.1 Å². The molecule has 3 nitrogen and oxygen atoms in total. The van der Waals surface area contributed by atoms with E-state index in [0.29, 0.717) is 35.8 Å². The van der Waals surface area contributed by atoms with Gasteiger partial charge in [0.1, 0.15) is 11.6 Å². The Morgan fingerprint density at radius 2 is 1.51 bits per heavy atom. The highest BCUT2D eigenvalue weighted by molar-refractivity contribution is 5.84. The van der Waals surface area contributed by atoms with Crippen LogP contribution in [0.1, 0.15) is 41.4 Å². The molecule has 1 heterocycles. The number of aromatic nitrogens is 2. The highest BCUT2D eigenvalue weighted by Gasteiger charge is 2.29. The number of hydrogen-bond donors (Lipinski definition) is 0. The minimum atomic E-state index is -4.55. The van der Waals surface area contributed by atoms with E-state index in [4.69, 9.17) is 0 Å². The van der Waals surface area contributed by atoms with E-state index in [1.807, 2.05) is 43.6 Å². The molecule has 4 rings (SSSR count). The highest BCUT2D eigenvalue weighted by Crippen LogP contribution is 2.26. The molecule has 39 heavy (non-hydrogen) atoms. The normalized spacial score (nSPS) is 11.9. The lowest BCUT2D eigenvalue weighted by Gasteiger charge is -2.11. The Bertz CT molecular complexity index is 1430. The average molecular weight is 541 g/mol. The van der Waals surface area contributed by atoms with E-state index in [0.717, 1.165) is 47.7 Å². The highest BCUT2D eigenvalue weighted by atomic mass is 19.4. The predicted octanol–water partition coefficient (Wildman–Crippen LogP) is 7.93. The summed E-state index contributed by atoms with van der Waals surface area (Å²) in [4.78, 5) is 8.93. The van der Waals surface area contributed by atoms with Gasteiger partial charge in [-0.25, -0.2) is 18.7 Å². The van der Waals surface area contributed by atoms with Gasteiger partial charge in [-0.3, -0.25) is 0 Å². The molecule has 0 spiro atoms. The van der Waals surface area contributed by atoms with Crippen LogP contribution in [0.5, 0.6) is 5.75 Å². The second kappa shape index (κ2) is 12.8. The van der Waals surface area contributed by atoms with Crippen molar-refractivity contribution in [2.45, 2.75) is 51.6 Å². The lowest BCUT2D eigenvalue weighted by Crippen LogP contribution is -2.19. The smallest absolute Gasteiger partial charge is 0.422 e. The van der Waals surface area contributed by atoms with Gasteiger partial charge in [-0.2, -0.15) is 13.2 Å². The number of rotatable bonds is 11. The van der Waals surface area contributed by atoms with Crippen LogP contribution in [0, 0.1) is 11.6 Å². The molecule has 8 heteroatoms. The largest absolute Gasteiger partial charge is 0.481 e. The van der Waals surface area contributed by atoms with Gasteiger partial charge in [-0.1, -0.05) is 48.6 Å². The average Bonchev–Trinajstić information content (AvgIpc) is 2.91. The standard InChI is InChI=1S/C31H29F5N2O/c1-2-3-4-5-23-18-37-29(38-19-23)15-9-21-7-13-26-25(16-21)12-11-24(30(26)33)10-6-22-8-14-28(27(32)17-22)39-20-31(34,35)36/h2-3,7-8,11-14,16-19H,4-6,9-10,15,20H2,1H3/b3-2+. The minimum Gasteiger partial charge on any atom is -0.481 e. The van der Waals surface area contributed by atoms with Crippen LogP contribution in [0.15, 0.2) is 73.1 Å². The summed E-state index contributed by atoms with van der Waals surface area (Å²) >= 11 is 0. The van der Waals surface area contributed by atoms with Crippen molar-refractivity contribution in [3.05, 3.63) is 113 Å². The van der Waals surface area contributed by atoms with Crippen LogP contribution in [-0.4, -0.2) is 22.8 Å². The van der Waals surface area contributed by atoms with Crippen molar-refractivity contribution in [1.82, 2.24) is 9.97 Å². The molecule has 0 saturated carbocycles. The summed E-state index contributed by atoms with van der Waals surface area (Å²) in [5.74, 6) is -0.911. The van der Waals surface area contributed by atoms with Gasteiger partial charge < -0.3 is 4.74 Å². The first-order chi connectivity index (χ1) is 18.7. The topological polar surface area (TPSA) is 35.0 Å². The third-order valence-corrected chi connectivity index (χ3v) is 6.40. The first kappa shape index (κ1) is 28.2. The number of hydrogen-bond acceptors (Lipinski definition) is 3. The van der Waals surface area contributed by atoms with E-state index >= 15 is 4.39 Å². The van der Waals surface area contributed by atoms with Gasteiger partial charge in [-0.05, 0) is 78.8 Å². The Labute approximate surface area is 224 Å². The van der Waals surface area contributed by atoms with Gasteiger partial charge in [0.15, 0.2) is 18.2 Å². The maximum absolute atomic E-state index is 15.2. The Morgan fingerprint density at radius 3 is 2.23 bits per heavy atom. The fourth-order valence-corrected chi connectivity index (χ4v) is 4.30. The maximum Gasteiger partial charge on any atom is 0.422 e. The SMILES string of the molecule is C/C=C/CCc1cnc(CCc2ccc3c(F)c(CCc4ccc(OCC(F)(F)F)c(F)c4)ccc3c2)nc1. The number of halogens is 5. The molecule has 0 radical (unpaired) electrons. The van der Waals surface area contributed by atoms with Crippen LogP contribution in [0.25, 0.3) is 10.8 Å². The second-order valence-electron chi connectivity index (χ2n) is 9.38. The number of aryl methyl sites for hydroxylation is 5. The first-order valence-electron chi connectivity index (χ1n) is 12.8. The predicted molar refractivity (Wildman–Crippen MR) is 142 cm³/mol. The molecule has 0 amide bonds. The van der Waals surface area contributed by atoms with E-state index < -0.39 is 24.3 Å². The van der Waals surface area contributed by atoms with E-state index in [9.17, 15) is 17.6 Å². The summed E-state index contributed by atoms with van der Waals surface area (Å²) in [6, 6.07) is 13.0. The Morgan fingerprint density at radius 1 is 0.795 bits per heavy atom. The van der Waals surface area contributed by atoms with E-state index in [1.165, 1.54) is 12.1 Å². The maximum atomic E-state index is 15.2. The molecular formula is C31H29F5N2O. The number of allylic oxidation sites excluding steroid dienone is 2. The van der Waals surface area contributed by atoms with Crippen LogP contribution < -0.4 is 4.74 Å². The molecule has 3 aromatic carbocycles. The molecule has 0 aliphatic rings. The molecule has 204 valence electrons. The van der Waals surface area contributed by atoms with Gasteiger partial charge in [0, 0.05) is 24.2 Å². The van der Waals surface area contributed by atoms with Crippen molar-refractivity contribution in [3.8, 4) is 5.75 Å². The zero-order chi connectivity index (χ0) is 27.8. The van der Waals surface area contributed by atoms with Crippen LogP contribution >= 0.6 is 0 Å². The molecule has 1 aromatic heterocycles. The monoisotopic (exact) mass is 540 g/mol. The Kier molecular flexibility index (Phi) is 9.28. The van der Waals surface area contributed by atoms with Crippen LogP contribution in [0.3, 0.4) is 0 Å². The third kappa shape index (κ3) is 8.09.